The Hall–Kier alpha value is -1.92. The molecule has 6 heteroatoms. The van der Waals surface area contributed by atoms with E-state index < -0.39 is 5.60 Å². The quantitative estimate of drug-likeness (QED) is 0.645. The molecule has 2 fully saturated rings. The summed E-state index contributed by atoms with van der Waals surface area (Å²) in [5.41, 5.74) is 0.611. The zero-order valence-corrected chi connectivity index (χ0v) is 17.8. The lowest BCUT2D eigenvalue weighted by Crippen LogP contribution is -2.60. The van der Waals surface area contributed by atoms with Crippen molar-refractivity contribution in [2.45, 2.75) is 70.7 Å². The van der Waals surface area contributed by atoms with E-state index >= 15 is 0 Å². The first-order valence-electron chi connectivity index (χ1n) is 10.6. The molecule has 1 amide bonds. The van der Waals surface area contributed by atoms with Crippen molar-refractivity contribution in [3.8, 4) is 0 Å². The fraction of sp³-hybridized carbons (Fsp3) is 0.652. The molecule has 1 aromatic rings. The number of nitrogens with zero attached hydrogens (tertiary/aromatic N) is 1. The van der Waals surface area contributed by atoms with Gasteiger partial charge in [0.1, 0.15) is 11.4 Å². The number of carbonyl (C=O) groups is 2. The van der Waals surface area contributed by atoms with Gasteiger partial charge in [0.05, 0.1) is 31.9 Å². The van der Waals surface area contributed by atoms with Gasteiger partial charge in [0, 0.05) is 18.9 Å². The van der Waals surface area contributed by atoms with E-state index in [0.717, 1.165) is 12.0 Å². The van der Waals surface area contributed by atoms with Crippen molar-refractivity contribution >= 4 is 11.9 Å². The zero-order valence-electron chi connectivity index (χ0n) is 17.8. The number of hydrogen-bond donors (Lipinski definition) is 0. The van der Waals surface area contributed by atoms with Gasteiger partial charge in [-0.2, -0.15) is 0 Å². The van der Waals surface area contributed by atoms with Crippen LogP contribution in [-0.2, 0) is 25.6 Å². The third kappa shape index (κ3) is 6.28. The Kier molecular flexibility index (Phi) is 7.30. The predicted molar refractivity (Wildman–Crippen MR) is 110 cm³/mol. The number of benzene rings is 1. The van der Waals surface area contributed by atoms with Crippen molar-refractivity contribution in [3.05, 3.63) is 35.9 Å². The summed E-state index contributed by atoms with van der Waals surface area (Å²) in [4.78, 5) is 27.2. The van der Waals surface area contributed by atoms with Gasteiger partial charge < -0.3 is 14.2 Å². The van der Waals surface area contributed by atoms with E-state index in [0.29, 0.717) is 45.7 Å². The Balaban J connectivity index is 1.44. The van der Waals surface area contributed by atoms with Crippen molar-refractivity contribution in [1.82, 2.24) is 4.90 Å². The molecule has 2 heterocycles. The molecule has 3 rings (SSSR count). The monoisotopic (exact) mass is 403 g/mol. The Morgan fingerprint density at radius 3 is 2.38 bits per heavy atom. The van der Waals surface area contributed by atoms with Crippen LogP contribution in [0.5, 0.6) is 0 Å². The second kappa shape index (κ2) is 9.72. The van der Waals surface area contributed by atoms with Crippen LogP contribution in [0, 0.1) is 5.92 Å². The number of Topliss-reactive ketones (excluding diaryl/α,β-unsaturated/α-hetero) is 1. The van der Waals surface area contributed by atoms with Crippen molar-refractivity contribution < 1.29 is 23.8 Å². The Labute approximate surface area is 173 Å². The van der Waals surface area contributed by atoms with Gasteiger partial charge in [-0.05, 0) is 45.6 Å². The van der Waals surface area contributed by atoms with Crippen molar-refractivity contribution in [1.29, 1.82) is 0 Å². The molecule has 2 unspecified atom stereocenters. The molecule has 0 aliphatic carbocycles. The summed E-state index contributed by atoms with van der Waals surface area (Å²) in [7, 11) is 0. The average molecular weight is 404 g/mol. The molecule has 29 heavy (non-hydrogen) atoms. The van der Waals surface area contributed by atoms with Crippen molar-refractivity contribution in [3.63, 3.8) is 0 Å². The maximum atomic E-state index is 12.7. The summed E-state index contributed by atoms with van der Waals surface area (Å²) in [6.45, 7) is 7.70. The van der Waals surface area contributed by atoms with E-state index in [2.05, 4.69) is 0 Å². The number of amides is 1. The van der Waals surface area contributed by atoms with Gasteiger partial charge >= 0.3 is 6.09 Å². The van der Waals surface area contributed by atoms with Gasteiger partial charge in [-0.1, -0.05) is 30.3 Å². The smallest absolute Gasteiger partial charge is 0.410 e. The molecule has 2 saturated heterocycles. The van der Waals surface area contributed by atoms with E-state index in [-0.39, 0.29) is 29.9 Å². The number of ketones is 1. The number of ether oxygens (including phenoxy) is 3. The standard InChI is InChI=1S/C23H33NO5/c1-23(2,3)29-22(26)24-19-12-18(13-20(24)16-28-15-19)21(25)10-7-11-27-14-17-8-5-4-6-9-17/h4-6,8-9,18-20H,7,10-16H2,1-3H3. The highest BCUT2D eigenvalue weighted by Gasteiger charge is 2.44. The molecule has 6 nitrogen and oxygen atoms in total. The summed E-state index contributed by atoms with van der Waals surface area (Å²) in [6.07, 6.45) is 2.26. The van der Waals surface area contributed by atoms with E-state index in [4.69, 9.17) is 14.2 Å². The second-order valence-electron chi connectivity index (χ2n) is 9.01. The maximum Gasteiger partial charge on any atom is 0.410 e. The Morgan fingerprint density at radius 1 is 1.10 bits per heavy atom. The third-order valence-electron chi connectivity index (χ3n) is 5.40. The predicted octanol–water partition coefficient (Wildman–Crippen LogP) is 3.97. The van der Waals surface area contributed by atoms with Crippen LogP contribution >= 0.6 is 0 Å². The molecule has 160 valence electrons. The van der Waals surface area contributed by atoms with Gasteiger partial charge in [-0.15, -0.1) is 0 Å². The van der Waals surface area contributed by atoms with E-state index in [1.54, 1.807) is 0 Å². The molecule has 2 aliphatic heterocycles. The lowest BCUT2D eigenvalue weighted by atomic mass is 9.81. The van der Waals surface area contributed by atoms with Crippen LogP contribution in [0.3, 0.4) is 0 Å². The molecule has 0 N–H and O–H groups in total. The molecular weight excluding hydrogens is 370 g/mol. The fourth-order valence-electron chi connectivity index (χ4n) is 4.11. The molecule has 0 radical (unpaired) electrons. The summed E-state index contributed by atoms with van der Waals surface area (Å²) in [6, 6.07) is 9.87. The van der Waals surface area contributed by atoms with Crippen LogP contribution in [0.1, 0.15) is 52.0 Å². The van der Waals surface area contributed by atoms with Gasteiger partial charge in [-0.3, -0.25) is 9.69 Å². The minimum atomic E-state index is -0.529. The van der Waals surface area contributed by atoms with Crippen molar-refractivity contribution in [2.75, 3.05) is 19.8 Å². The lowest BCUT2D eigenvalue weighted by Gasteiger charge is -2.47. The van der Waals surface area contributed by atoms with E-state index in [1.165, 1.54) is 0 Å². The van der Waals surface area contributed by atoms with Gasteiger partial charge in [-0.25, -0.2) is 4.79 Å². The third-order valence-corrected chi connectivity index (χ3v) is 5.40. The second-order valence-corrected chi connectivity index (χ2v) is 9.01. The molecular formula is C23H33NO5. The number of piperidine rings is 1. The highest BCUT2D eigenvalue weighted by molar-refractivity contribution is 5.81. The Morgan fingerprint density at radius 2 is 1.76 bits per heavy atom. The highest BCUT2D eigenvalue weighted by Crippen LogP contribution is 2.34. The summed E-state index contributed by atoms with van der Waals surface area (Å²) < 4.78 is 16.9. The first-order chi connectivity index (χ1) is 13.8. The molecule has 0 aromatic heterocycles. The average Bonchev–Trinajstić information content (AvgIpc) is 2.66. The maximum absolute atomic E-state index is 12.7. The van der Waals surface area contributed by atoms with Crippen LogP contribution in [0.25, 0.3) is 0 Å². The number of rotatable bonds is 7. The first-order valence-corrected chi connectivity index (χ1v) is 10.6. The Bertz CT molecular complexity index is 670. The summed E-state index contributed by atoms with van der Waals surface area (Å²) in [5, 5.41) is 0. The highest BCUT2D eigenvalue weighted by atomic mass is 16.6. The minimum Gasteiger partial charge on any atom is -0.444 e. The van der Waals surface area contributed by atoms with Crippen molar-refractivity contribution in [2.24, 2.45) is 5.92 Å². The number of fused-ring (bicyclic) bond motifs is 2. The summed E-state index contributed by atoms with van der Waals surface area (Å²) in [5.74, 6) is 0.260. The normalized spacial score (nSPS) is 24.2. The first kappa shape index (κ1) is 21.8. The number of morpholine rings is 1. The summed E-state index contributed by atoms with van der Waals surface area (Å²) >= 11 is 0. The molecule has 2 atom stereocenters. The van der Waals surface area contributed by atoms with Gasteiger partial charge in [0.2, 0.25) is 0 Å². The van der Waals surface area contributed by atoms with Gasteiger partial charge in [0.15, 0.2) is 0 Å². The van der Waals surface area contributed by atoms with Crippen LogP contribution in [0.2, 0.25) is 0 Å². The van der Waals surface area contributed by atoms with E-state index in [1.807, 2.05) is 56.0 Å². The van der Waals surface area contributed by atoms with Crippen LogP contribution in [0.4, 0.5) is 4.79 Å². The minimum absolute atomic E-state index is 0.0123. The fourth-order valence-corrected chi connectivity index (χ4v) is 4.11. The molecule has 2 aliphatic rings. The topological polar surface area (TPSA) is 65.1 Å². The van der Waals surface area contributed by atoms with Gasteiger partial charge in [0.25, 0.3) is 0 Å². The molecule has 0 spiro atoms. The SMILES string of the molecule is CC(C)(C)OC(=O)N1C2COCC1CC(C(=O)CCCOCc1ccccc1)C2. The van der Waals surface area contributed by atoms with Crippen LogP contribution in [0.15, 0.2) is 30.3 Å². The number of carbonyl (C=O) groups excluding carboxylic acids is 2. The number of hydrogen-bond acceptors (Lipinski definition) is 5. The van der Waals surface area contributed by atoms with Crippen LogP contribution < -0.4 is 0 Å². The van der Waals surface area contributed by atoms with E-state index in [9.17, 15) is 9.59 Å². The largest absolute Gasteiger partial charge is 0.444 e. The lowest BCUT2D eigenvalue weighted by molar-refractivity contribution is -0.132. The van der Waals surface area contributed by atoms with Crippen LogP contribution in [-0.4, -0.2) is 54.3 Å². The molecule has 2 bridgehead atoms. The molecule has 1 aromatic carbocycles. The molecule has 0 saturated carbocycles. The zero-order chi connectivity index (χ0) is 20.9.